The number of nitrogens with zero attached hydrogens (tertiary/aromatic N) is 1. The molecule has 0 aromatic heterocycles. The monoisotopic (exact) mass is 398 g/mol. The lowest BCUT2D eigenvalue weighted by Gasteiger charge is -2.21. The van der Waals surface area contributed by atoms with Crippen molar-refractivity contribution in [3.8, 4) is 0 Å². The van der Waals surface area contributed by atoms with Crippen molar-refractivity contribution in [2.24, 2.45) is 17.8 Å². The number of amides is 1. The number of anilines is 1. The molecule has 1 amide bonds. The first-order chi connectivity index (χ1) is 13.4. The lowest BCUT2D eigenvalue weighted by atomic mass is 9.88. The summed E-state index contributed by atoms with van der Waals surface area (Å²) in [6, 6.07) is 16.0. The second-order valence-corrected chi connectivity index (χ2v) is 10.1. The lowest BCUT2D eigenvalue weighted by molar-refractivity contribution is -0.121. The van der Waals surface area contributed by atoms with Gasteiger partial charge in [-0.05, 0) is 60.9 Å². The maximum Gasteiger partial charge on any atom is 0.243 e. The van der Waals surface area contributed by atoms with Crippen molar-refractivity contribution in [1.29, 1.82) is 0 Å². The topological polar surface area (TPSA) is 66.5 Å². The number of nitrogens with one attached hydrogen (secondary N) is 1. The molecular formula is C22H26N2O3S. The predicted molar refractivity (Wildman–Crippen MR) is 109 cm³/mol. The van der Waals surface area contributed by atoms with Crippen molar-refractivity contribution in [1.82, 2.24) is 4.31 Å². The number of rotatable bonds is 6. The zero-order valence-electron chi connectivity index (χ0n) is 16.0. The molecule has 0 radical (unpaired) electrons. The van der Waals surface area contributed by atoms with Gasteiger partial charge in [-0.25, -0.2) is 8.42 Å². The number of sulfonamides is 1. The summed E-state index contributed by atoms with van der Waals surface area (Å²) < 4.78 is 26.9. The van der Waals surface area contributed by atoms with Crippen LogP contribution in [0.3, 0.4) is 0 Å². The van der Waals surface area contributed by atoms with Crippen molar-refractivity contribution < 1.29 is 13.2 Å². The van der Waals surface area contributed by atoms with Crippen LogP contribution in [0, 0.1) is 17.8 Å². The van der Waals surface area contributed by atoms with Gasteiger partial charge in [0.15, 0.2) is 0 Å². The molecule has 2 aromatic rings. The van der Waals surface area contributed by atoms with Crippen LogP contribution >= 0.6 is 0 Å². The summed E-state index contributed by atoms with van der Waals surface area (Å²) in [5, 5.41) is 2.97. The van der Waals surface area contributed by atoms with E-state index in [0.717, 1.165) is 18.4 Å². The minimum atomic E-state index is -3.58. The molecule has 2 saturated carbocycles. The Balaban J connectivity index is 1.41. The summed E-state index contributed by atoms with van der Waals surface area (Å²) in [6.07, 6.45) is 4.60. The summed E-state index contributed by atoms with van der Waals surface area (Å²) in [5.74, 6) is 1.42. The number of carbonyl (C=O) groups excluding carboxylic acids is 1. The highest BCUT2D eigenvalue weighted by atomic mass is 32.2. The molecule has 0 saturated heterocycles. The first-order valence-electron chi connectivity index (χ1n) is 9.84. The van der Waals surface area contributed by atoms with Gasteiger partial charge in [0.1, 0.15) is 0 Å². The quantitative estimate of drug-likeness (QED) is 0.803. The van der Waals surface area contributed by atoms with Crippen molar-refractivity contribution in [2.75, 3.05) is 12.4 Å². The molecule has 2 aliphatic rings. The highest BCUT2D eigenvalue weighted by Crippen LogP contribution is 2.48. The van der Waals surface area contributed by atoms with Crippen LogP contribution in [0.25, 0.3) is 0 Å². The van der Waals surface area contributed by atoms with Crippen LogP contribution in [0.5, 0.6) is 0 Å². The number of hydrogen-bond donors (Lipinski definition) is 1. The predicted octanol–water partition coefficient (Wildman–Crippen LogP) is 3.88. The summed E-state index contributed by atoms with van der Waals surface area (Å²) >= 11 is 0. The Hall–Kier alpha value is -2.18. The lowest BCUT2D eigenvalue weighted by Crippen LogP contribution is -2.27. The van der Waals surface area contributed by atoms with Crippen LogP contribution in [-0.2, 0) is 21.4 Å². The Morgan fingerprint density at radius 2 is 1.75 bits per heavy atom. The first-order valence-corrected chi connectivity index (χ1v) is 11.3. The van der Waals surface area contributed by atoms with Crippen molar-refractivity contribution in [2.45, 2.75) is 37.1 Å². The molecule has 3 atom stereocenters. The van der Waals surface area contributed by atoms with Gasteiger partial charge in [0.25, 0.3) is 0 Å². The van der Waals surface area contributed by atoms with Gasteiger partial charge in [-0.15, -0.1) is 0 Å². The summed E-state index contributed by atoms with van der Waals surface area (Å²) in [4.78, 5) is 12.8. The zero-order valence-corrected chi connectivity index (χ0v) is 16.9. The third kappa shape index (κ3) is 3.84. The molecule has 2 aliphatic carbocycles. The minimum absolute atomic E-state index is 0.0732. The van der Waals surface area contributed by atoms with E-state index in [1.54, 1.807) is 31.3 Å². The molecule has 2 bridgehead atoms. The summed E-state index contributed by atoms with van der Waals surface area (Å²) in [6.45, 7) is 0.311. The Morgan fingerprint density at radius 1 is 1.04 bits per heavy atom. The molecule has 148 valence electrons. The van der Waals surface area contributed by atoms with E-state index >= 15 is 0 Å². The van der Waals surface area contributed by atoms with E-state index in [1.807, 2.05) is 30.3 Å². The van der Waals surface area contributed by atoms with Crippen LogP contribution in [-0.4, -0.2) is 25.7 Å². The van der Waals surface area contributed by atoms with Gasteiger partial charge in [0, 0.05) is 25.2 Å². The standard InChI is InChI=1S/C22H26N2O3S/c1-24(15-16-5-3-2-4-6-16)28(26,27)20-11-9-19(10-12-20)23-22(25)21-14-17-7-8-18(21)13-17/h2-6,9-12,17-18,21H,7-8,13-15H2,1H3,(H,23,25). The van der Waals surface area contributed by atoms with E-state index in [1.165, 1.54) is 17.1 Å². The molecule has 2 fully saturated rings. The average molecular weight is 399 g/mol. The fraction of sp³-hybridized carbons (Fsp3) is 0.409. The molecule has 0 aliphatic heterocycles. The molecule has 6 heteroatoms. The van der Waals surface area contributed by atoms with Gasteiger partial charge in [-0.2, -0.15) is 4.31 Å². The second kappa shape index (κ2) is 7.68. The van der Waals surface area contributed by atoms with Crippen molar-refractivity contribution >= 4 is 21.6 Å². The summed E-state index contributed by atoms with van der Waals surface area (Å²) in [5.41, 5.74) is 1.58. The molecule has 28 heavy (non-hydrogen) atoms. The van der Waals surface area contributed by atoms with Gasteiger partial charge >= 0.3 is 0 Å². The van der Waals surface area contributed by atoms with Gasteiger partial charge in [0.2, 0.25) is 15.9 Å². The second-order valence-electron chi connectivity index (χ2n) is 8.04. The zero-order chi connectivity index (χ0) is 19.7. The van der Waals surface area contributed by atoms with Gasteiger partial charge in [-0.1, -0.05) is 36.8 Å². The average Bonchev–Trinajstić information content (AvgIpc) is 3.33. The van der Waals surface area contributed by atoms with E-state index in [9.17, 15) is 13.2 Å². The number of fused-ring (bicyclic) bond motifs is 2. The van der Waals surface area contributed by atoms with Crippen LogP contribution in [0.4, 0.5) is 5.69 Å². The number of hydrogen-bond acceptors (Lipinski definition) is 3. The molecule has 3 unspecified atom stereocenters. The molecule has 1 N–H and O–H groups in total. The Bertz CT molecular complexity index is 942. The number of carbonyl (C=O) groups is 1. The molecule has 0 heterocycles. The van der Waals surface area contributed by atoms with E-state index in [0.29, 0.717) is 24.1 Å². The van der Waals surface area contributed by atoms with Gasteiger partial charge < -0.3 is 5.32 Å². The maximum absolute atomic E-state index is 12.8. The molecule has 5 nitrogen and oxygen atoms in total. The molecular weight excluding hydrogens is 372 g/mol. The van der Waals surface area contributed by atoms with Crippen LogP contribution < -0.4 is 5.32 Å². The molecule has 4 rings (SSSR count). The van der Waals surface area contributed by atoms with E-state index < -0.39 is 10.0 Å². The van der Waals surface area contributed by atoms with E-state index in [4.69, 9.17) is 0 Å². The molecule has 2 aromatic carbocycles. The van der Waals surface area contributed by atoms with Crippen LogP contribution in [0.2, 0.25) is 0 Å². The van der Waals surface area contributed by atoms with Gasteiger partial charge in [0.05, 0.1) is 4.90 Å². The van der Waals surface area contributed by atoms with Crippen molar-refractivity contribution in [3.63, 3.8) is 0 Å². The number of benzene rings is 2. The first kappa shape index (κ1) is 19.2. The highest BCUT2D eigenvalue weighted by molar-refractivity contribution is 7.89. The Morgan fingerprint density at radius 3 is 2.36 bits per heavy atom. The van der Waals surface area contributed by atoms with Crippen LogP contribution in [0.1, 0.15) is 31.2 Å². The maximum atomic E-state index is 12.8. The fourth-order valence-electron chi connectivity index (χ4n) is 4.62. The Labute approximate surface area is 166 Å². The Kier molecular flexibility index (Phi) is 5.25. The largest absolute Gasteiger partial charge is 0.326 e. The van der Waals surface area contributed by atoms with Crippen molar-refractivity contribution in [3.05, 3.63) is 60.2 Å². The third-order valence-electron chi connectivity index (χ3n) is 6.15. The normalized spacial score (nSPS) is 23.9. The van der Waals surface area contributed by atoms with Crippen LogP contribution in [0.15, 0.2) is 59.5 Å². The minimum Gasteiger partial charge on any atom is -0.326 e. The van der Waals surface area contributed by atoms with E-state index in [2.05, 4.69) is 5.32 Å². The summed E-state index contributed by atoms with van der Waals surface area (Å²) in [7, 11) is -2.01. The molecule has 0 spiro atoms. The SMILES string of the molecule is CN(Cc1ccccc1)S(=O)(=O)c1ccc(NC(=O)C2CC3CCC2C3)cc1. The smallest absolute Gasteiger partial charge is 0.243 e. The third-order valence-corrected chi connectivity index (χ3v) is 7.97. The highest BCUT2D eigenvalue weighted by Gasteiger charge is 2.43. The fourth-order valence-corrected chi connectivity index (χ4v) is 5.78. The van der Waals surface area contributed by atoms with Gasteiger partial charge in [-0.3, -0.25) is 4.79 Å². The van der Waals surface area contributed by atoms with E-state index in [-0.39, 0.29) is 16.7 Å².